The molecule has 0 spiro atoms. The minimum Gasteiger partial charge on any atom is -0.484 e. The second-order valence-electron chi connectivity index (χ2n) is 4.14. The SMILES string of the molecule is Cc1csc(Nc2ncccc2OCc2cccs2)n1. The molecule has 0 unspecified atom stereocenters. The lowest BCUT2D eigenvalue weighted by Gasteiger charge is -2.09. The predicted octanol–water partition coefficient (Wildman–Crippen LogP) is 4.23. The van der Waals surface area contributed by atoms with Gasteiger partial charge in [0.25, 0.3) is 0 Å². The van der Waals surface area contributed by atoms with Gasteiger partial charge in [-0.15, -0.1) is 22.7 Å². The fourth-order valence-electron chi connectivity index (χ4n) is 1.66. The molecular formula is C14H13N3OS2. The number of ether oxygens (including phenoxy) is 1. The van der Waals surface area contributed by atoms with Crippen LogP contribution in [0.15, 0.2) is 41.2 Å². The Morgan fingerprint density at radius 3 is 2.95 bits per heavy atom. The number of aromatic nitrogens is 2. The number of nitrogens with one attached hydrogen (secondary N) is 1. The van der Waals surface area contributed by atoms with Crippen molar-refractivity contribution in [2.75, 3.05) is 5.32 Å². The van der Waals surface area contributed by atoms with E-state index in [1.807, 2.05) is 35.9 Å². The summed E-state index contributed by atoms with van der Waals surface area (Å²) in [5.41, 5.74) is 0.995. The summed E-state index contributed by atoms with van der Waals surface area (Å²) in [6.07, 6.45) is 1.74. The van der Waals surface area contributed by atoms with E-state index >= 15 is 0 Å². The molecule has 0 aliphatic rings. The number of pyridine rings is 1. The van der Waals surface area contributed by atoms with Gasteiger partial charge in [-0.1, -0.05) is 6.07 Å². The topological polar surface area (TPSA) is 47.0 Å². The number of anilines is 2. The fourth-order valence-corrected chi connectivity index (χ4v) is 2.96. The lowest BCUT2D eigenvalue weighted by atomic mass is 10.4. The third kappa shape index (κ3) is 3.15. The third-order valence-corrected chi connectivity index (χ3v) is 4.29. The van der Waals surface area contributed by atoms with E-state index in [0.717, 1.165) is 16.6 Å². The molecule has 6 heteroatoms. The molecule has 0 aliphatic carbocycles. The Morgan fingerprint density at radius 2 is 2.20 bits per heavy atom. The van der Waals surface area contributed by atoms with Crippen molar-refractivity contribution in [3.63, 3.8) is 0 Å². The number of hydrogen-bond acceptors (Lipinski definition) is 6. The molecule has 0 amide bonds. The zero-order valence-electron chi connectivity index (χ0n) is 10.9. The van der Waals surface area contributed by atoms with Crippen LogP contribution in [0.2, 0.25) is 0 Å². The van der Waals surface area contributed by atoms with E-state index in [9.17, 15) is 0 Å². The van der Waals surface area contributed by atoms with E-state index < -0.39 is 0 Å². The first-order chi connectivity index (χ1) is 9.81. The Morgan fingerprint density at radius 1 is 1.25 bits per heavy atom. The van der Waals surface area contributed by atoms with Gasteiger partial charge in [-0.25, -0.2) is 9.97 Å². The zero-order chi connectivity index (χ0) is 13.8. The second kappa shape index (κ2) is 6.02. The summed E-state index contributed by atoms with van der Waals surface area (Å²) >= 11 is 3.23. The minimum atomic E-state index is 0.551. The number of thiophene rings is 1. The number of nitrogens with zero attached hydrogens (tertiary/aromatic N) is 2. The van der Waals surface area contributed by atoms with Crippen LogP contribution in [0.25, 0.3) is 0 Å². The molecule has 4 nitrogen and oxygen atoms in total. The van der Waals surface area contributed by atoms with Gasteiger partial charge < -0.3 is 10.1 Å². The number of hydrogen-bond donors (Lipinski definition) is 1. The molecule has 0 aromatic carbocycles. The Hall–Kier alpha value is -1.92. The number of rotatable bonds is 5. The molecule has 1 N–H and O–H groups in total. The summed E-state index contributed by atoms with van der Waals surface area (Å²) in [5.74, 6) is 1.42. The zero-order valence-corrected chi connectivity index (χ0v) is 12.5. The predicted molar refractivity (Wildman–Crippen MR) is 83.0 cm³/mol. The number of aryl methyl sites for hydroxylation is 1. The first-order valence-corrected chi connectivity index (χ1v) is 7.86. The summed E-state index contributed by atoms with van der Waals surface area (Å²) in [7, 11) is 0. The molecule has 3 heterocycles. The molecule has 0 atom stereocenters. The maximum absolute atomic E-state index is 5.82. The van der Waals surface area contributed by atoms with E-state index in [4.69, 9.17) is 4.74 Å². The largest absolute Gasteiger partial charge is 0.484 e. The van der Waals surface area contributed by atoms with Crippen LogP contribution in [0.4, 0.5) is 10.9 Å². The van der Waals surface area contributed by atoms with Crippen LogP contribution in [0.1, 0.15) is 10.6 Å². The first-order valence-electron chi connectivity index (χ1n) is 6.10. The highest BCUT2D eigenvalue weighted by Gasteiger charge is 2.07. The van der Waals surface area contributed by atoms with Crippen molar-refractivity contribution >= 4 is 33.6 Å². The third-order valence-electron chi connectivity index (χ3n) is 2.57. The molecule has 0 saturated heterocycles. The minimum absolute atomic E-state index is 0.551. The Labute approximate surface area is 125 Å². The van der Waals surface area contributed by atoms with Gasteiger partial charge in [-0.2, -0.15) is 0 Å². The molecule has 3 rings (SSSR count). The van der Waals surface area contributed by atoms with Crippen molar-refractivity contribution in [2.24, 2.45) is 0 Å². The standard InChI is InChI=1S/C14H13N3OS2/c1-10-9-20-14(16-10)17-13-12(5-2-6-15-13)18-8-11-4-3-7-19-11/h2-7,9H,8H2,1H3,(H,15,16,17). The summed E-state index contributed by atoms with van der Waals surface area (Å²) in [5, 5.41) is 8.06. The molecule has 0 saturated carbocycles. The molecule has 0 aliphatic heterocycles. The molecule has 3 aromatic rings. The Balaban J connectivity index is 1.74. The van der Waals surface area contributed by atoms with E-state index in [0.29, 0.717) is 12.4 Å². The van der Waals surface area contributed by atoms with Crippen LogP contribution in [-0.4, -0.2) is 9.97 Å². The normalized spacial score (nSPS) is 10.4. The van der Waals surface area contributed by atoms with E-state index in [-0.39, 0.29) is 0 Å². The second-order valence-corrected chi connectivity index (χ2v) is 6.03. The number of thiazole rings is 1. The van der Waals surface area contributed by atoms with E-state index in [1.165, 1.54) is 4.88 Å². The quantitative estimate of drug-likeness (QED) is 0.766. The van der Waals surface area contributed by atoms with Crippen molar-refractivity contribution in [3.8, 4) is 5.75 Å². The van der Waals surface area contributed by atoms with E-state index in [2.05, 4.69) is 21.4 Å². The van der Waals surface area contributed by atoms with Crippen molar-refractivity contribution in [1.82, 2.24) is 9.97 Å². The molecule has 0 fully saturated rings. The highest BCUT2D eigenvalue weighted by Crippen LogP contribution is 2.27. The average molecular weight is 303 g/mol. The highest BCUT2D eigenvalue weighted by atomic mass is 32.1. The lowest BCUT2D eigenvalue weighted by Crippen LogP contribution is -1.99. The van der Waals surface area contributed by atoms with Gasteiger partial charge in [0.15, 0.2) is 16.7 Å². The summed E-state index contributed by atoms with van der Waals surface area (Å²) in [4.78, 5) is 9.87. The molecule has 102 valence electrons. The van der Waals surface area contributed by atoms with Crippen LogP contribution in [-0.2, 0) is 6.61 Å². The highest BCUT2D eigenvalue weighted by molar-refractivity contribution is 7.13. The van der Waals surface area contributed by atoms with Gasteiger partial charge >= 0.3 is 0 Å². The van der Waals surface area contributed by atoms with Crippen LogP contribution in [0.5, 0.6) is 5.75 Å². The van der Waals surface area contributed by atoms with Crippen molar-refractivity contribution in [1.29, 1.82) is 0 Å². The molecular weight excluding hydrogens is 290 g/mol. The van der Waals surface area contributed by atoms with Crippen LogP contribution < -0.4 is 10.1 Å². The van der Waals surface area contributed by atoms with Crippen molar-refractivity contribution < 1.29 is 4.74 Å². The van der Waals surface area contributed by atoms with Crippen LogP contribution in [0, 0.1) is 6.92 Å². The van der Waals surface area contributed by atoms with Gasteiger partial charge in [-0.05, 0) is 30.5 Å². The van der Waals surface area contributed by atoms with Crippen molar-refractivity contribution in [2.45, 2.75) is 13.5 Å². The monoisotopic (exact) mass is 303 g/mol. The van der Waals surface area contributed by atoms with Gasteiger partial charge in [0.1, 0.15) is 6.61 Å². The smallest absolute Gasteiger partial charge is 0.188 e. The van der Waals surface area contributed by atoms with Gasteiger partial charge in [0.05, 0.1) is 5.69 Å². The molecule has 3 aromatic heterocycles. The fraction of sp³-hybridized carbons (Fsp3) is 0.143. The van der Waals surface area contributed by atoms with Gasteiger partial charge in [-0.3, -0.25) is 0 Å². The maximum atomic E-state index is 5.82. The first kappa shape index (κ1) is 13.1. The summed E-state index contributed by atoms with van der Waals surface area (Å²) < 4.78 is 5.82. The maximum Gasteiger partial charge on any atom is 0.188 e. The molecule has 0 radical (unpaired) electrons. The summed E-state index contributed by atoms with van der Waals surface area (Å²) in [6.45, 7) is 2.52. The van der Waals surface area contributed by atoms with Crippen LogP contribution >= 0.6 is 22.7 Å². The van der Waals surface area contributed by atoms with Gasteiger partial charge in [0, 0.05) is 16.5 Å². The summed E-state index contributed by atoms with van der Waals surface area (Å²) in [6, 6.07) is 7.84. The average Bonchev–Trinajstić information content (AvgIpc) is 3.10. The van der Waals surface area contributed by atoms with E-state index in [1.54, 1.807) is 28.9 Å². The lowest BCUT2D eigenvalue weighted by molar-refractivity contribution is 0.310. The van der Waals surface area contributed by atoms with Crippen LogP contribution in [0.3, 0.4) is 0 Å². The Bertz CT molecular complexity index is 679. The molecule has 20 heavy (non-hydrogen) atoms. The van der Waals surface area contributed by atoms with Crippen molar-refractivity contribution in [3.05, 3.63) is 51.8 Å². The van der Waals surface area contributed by atoms with Gasteiger partial charge in [0.2, 0.25) is 0 Å². The Kier molecular flexibility index (Phi) is 3.94. The molecule has 0 bridgehead atoms.